The predicted molar refractivity (Wildman–Crippen MR) is 80.4 cm³/mol. The van der Waals surface area contributed by atoms with E-state index in [1.165, 1.54) is 6.33 Å². The lowest BCUT2D eigenvalue weighted by atomic mass is 10.2. The van der Waals surface area contributed by atoms with Crippen LogP contribution in [-0.4, -0.2) is 53.8 Å². The van der Waals surface area contributed by atoms with E-state index in [0.717, 1.165) is 0 Å². The number of aliphatic carboxylic acids is 2. The molecule has 0 aliphatic heterocycles. The van der Waals surface area contributed by atoms with Crippen LogP contribution in [-0.2, 0) is 29.5 Å². The number of hydrogen-bond acceptors (Lipinski definition) is 6. The minimum Gasteiger partial charge on any atom is -0.480 e. The zero-order valence-corrected chi connectivity index (χ0v) is 12.6. The number of carboxylic acids is 2. The summed E-state index contributed by atoms with van der Waals surface area (Å²) in [6.45, 7) is 0. The van der Waals surface area contributed by atoms with Gasteiger partial charge in [-0.15, -0.1) is 0 Å². The largest absolute Gasteiger partial charge is 0.480 e. The van der Waals surface area contributed by atoms with Crippen molar-refractivity contribution in [3.8, 4) is 0 Å². The summed E-state index contributed by atoms with van der Waals surface area (Å²) < 4.78 is 1.75. The first-order valence-electron chi connectivity index (χ1n) is 6.71. The van der Waals surface area contributed by atoms with Crippen molar-refractivity contribution >= 4 is 11.9 Å². The van der Waals surface area contributed by atoms with Gasteiger partial charge < -0.3 is 31.2 Å². The second kappa shape index (κ2) is 8.66. The number of hydrogen-bond donors (Lipinski definition) is 5. The van der Waals surface area contributed by atoms with Gasteiger partial charge in [0.25, 0.3) is 0 Å². The number of nitrogens with zero attached hydrogens (tertiary/aromatic N) is 3. The maximum Gasteiger partial charge on any atom is 0.320 e. The van der Waals surface area contributed by atoms with E-state index < -0.39 is 24.0 Å². The molecule has 0 saturated heterocycles. The highest BCUT2D eigenvalue weighted by Gasteiger charge is 2.13. The summed E-state index contributed by atoms with van der Waals surface area (Å²) in [6.07, 6.45) is 7.02. The van der Waals surface area contributed by atoms with Crippen molar-refractivity contribution in [1.29, 1.82) is 0 Å². The molecule has 0 bridgehead atoms. The van der Waals surface area contributed by atoms with Crippen LogP contribution in [0.5, 0.6) is 0 Å². The molecule has 2 aromatic rings. The molecule has 2 unspecified atom stereocenters. The molecule has 0 saturated carbocycles. The van der Waals surface area contributed by atoms with Gasteiger partial charge in [-0.05, 0) is 0 Å². The van der Waals surface area contributed by atoms with E-state index >= 15 is 0 Å². The number of aromatic nitrogens is 4. The fourth-order valence-corrected chi connectivity index (χ4v) is 1.60. The molecule has 0 amide bonds. The lowest BCUT2D eigenvalue weighted by Gasteiger charge is -2.01. The zero-order chi connectivity index (χ0) is 17.4. The highest BCUT2D eigenvalue weighted by atomic mass is 16.4. The summed E-state index contributed by atoms with van der Waals surface area (Å²) >= 11 is 0. The third-order valence-electron chi connectivity index (χ3n) is 2.81. The standard InChI is InChI=1S/C7H11N3O2.C6H9N3O2/c1-10-3-5(9-4-10)2-6(8)7(11)12;7-5(6(10)11)1-4-2-8-3-9-4/h3-4,6H,2,8H2,1H3,(H,11,12);2-3,5H,1,7H2,(H,8,9)(H,10,11). The predicted octanol–water partition coefficient (Wildman–Crippen LogP) is -1.26. The topological polar surface area (TPSA) is 173 Å². The molecular formula is C13H20N6O4. The van der Waals surface area contributed by atoms with Crippen LogP contribution < -0.4 is 11.5 Å². The third kappa shape index (κ3) is 6.72. The van der Waals surface area contributed by atoms with Crippen LogP contribution in [0.1, 0.15) is 11.4 Å². The smallest absolute Gasteiger partial charge is 0.320 e. The van der Waals surface area contributed by atoms with Gasteiger partial charge in [-0.3, -0.25) is 9.59 Å². The van der Waals surface area contributed by atoms with Gasteiger partial charge in [-0.1, -0.05) is 0 Å². The van der Waals surface area contributed by atoms with E-state index in [9.17, 15) is 9.59 Å². The van der Waals surface area contributed by atoms with Crippen molar-refractivity contribution in [2.75, 3.05) is 0 Å². The highest BCUT2D eigenvalue weighted by Crippen LogP contribution is 1.98. The minimum absolute atomic E-state index is 0.263. The number of H-pyrrole nitrogens is 1. The average Bonchev–Trinajstić information content (AvgIpc) is 3.11. The third-order valence-corrected chi connectivity index (χ3v) is 2.81. The normalized spacial score (nSPS) is 12.8. The molecule has 0 aliphatic carbocycles. The van der Waals surface area contributed by atoms with Gasteiger partial charge in [0.2, 0.25) is 0 Å². The Morgan fingerprint density at radius 1 is 1.17 bits per heavy atom. The Morgan fingerprint density at radius 3 is 2.13 bits per heavy atom. The molecule has 10 nitrogen and oxygen atoms in total. The van der Waals surface area contributed by atoms with Crippen LogP contribution in [0.25, 0.3) is 0 Å². The highest BCUT2D eigenvalue weighted by molar-refractivity contribution is 5.73. The molecule has 2 aromatic heterocycles. The Labute approximate surface area is 132 Å². The van der Waals surface area contributed by atoms with Crippen molar-refractivity contribution < 1.29 is 19.8 Å². The van der Waals surface area contributed by atoms with Crippen molar-refractivity contribution in [3.63, 3.8) is 0 Å². The molecule has 2 heterocycles. The lowest BCUT2D eigenvalue weighted by molar-refractivity contribution is -0.139. The number of aromatic amines is 1. The minimum atomic E-state index is -1.01. The van der Waals surface area contributed by atoms with Crippen LogP contribution in [0.3, 0.4) is 0 Å². The molecule has 0 spiro atoms. The maximum absolute atomic E-state index is 10.4. The van der Waals surface area contributed by atoms with E-state index in [-0.39, 0.29) is 12.8 Å². The van der Waals surface area contributed by atoms with Gasteiger partial charge in [-0.2, -0.15) is 0 Å². The summed E-state index contributed by atoms with van der Waals surface area (Å²) in [5.74, 6) is -2.01. The Bertz CT molecular complexity index is 624. The summed E-state index contributed by atoms with van der Waals surface area (Å²) in [4.78, 5) is 31.1. The molecule has 0 aromatic carbocycles. The van der Waals surface area contributed by atoms with Crippen molar-refractivity contribution in [3.05, 3.63) is 36.4 Å². The molecule has 0 radical (unpaired) electrons. The summed E-state index contributed by atoms with van der Waals surface area (Å²) in [7, 11) is 1.82. The number of carboxylic acid groups (broad SMARTS) is 2. The van der Waals surface area contributed by atoms with Crippen LogP contribution in [0.15, 0.2) is 25.0 Å². The Balaban J connectivity index is 0.000000231. The Kier molecular flexibility index (Phi) is 6.90. The SMILES string of the molecule is Cn1cnc(CC(N)C(=O)O)c1.NC(Cc1c[nH]cn1)C(=O)O. The van der Waals surface area contributed by atoms with Gasteiger partial charge in [-0.25, -0.2) is 9.97 Å². The van der Waals surface area contributed by atoms with Crippen LogP contribution in [0.2, 0.25) is 0 Å². The van der Waals surface area contributed by atoms with Crippen LogP contribution >= 0.6 is 0 Å². The molecule has 23 heavy (non-hydrogen) atoms. The lowest BCUT2D eigenvalue weighted by Crippen LogP contribution is -2.32. The van der Waals surface area contributed by atoms with Crippen LogP contribution in [0.4, 0.5) is 0 Å². The molecule has 2 rings (SSSR count). The quantitative estimate of drug-likeness (QED) is 0.437. The van der Waals surface area contributed by atoms with Gasteiger partial charge in [0, 0.05) is 32.3 Å². The van der Waals surface area contributed by atoms with Crippen molar-refractivity contribution in [2.45, 2.75) is 24.9 Å². The number of nitrogens with two attached hydrogens (primary N) is 2. The number of carbonyl (C=O) groups is 2. The van der Waals surface area contributed by atoms with Crippen molar-refractivity contribution in [2.24, 2.45) is 18.5 Å². The number of rotatable bonds is 6. The first-order valence-corrected chi connectivity index (χ1v) is 6.71. The zero-order valence-electron chi connectivity index (χ0n) is 12.6. The summed E-state index contributed by atoms with van der Waals surface area (Å²) in [5.41, 5.74) is 11.9. The number of aryl methyl sites for hydroxylation is 1. The van der Waals surface area contributed by atoms with Gasteiger partial charge >= 0.3 is 11.9 Å². The molecule has 126 valence electrons. The van der Waals surface area contributed by atoms with Gasteiger partial charge in [0.05, 0.1) is 24.0 Å². The van der Waals surface area contributed by atoms with E-state index in [1.807, 2.05) is 7.05 Å². The van der Waals surface area contributed by atoms with Crippen LogP contribution in [0, 0.1) is 0 Å². The molecule has 0 fully saturated rings. The van der Waals surface area contributed by atoms with Crippen molar-refractivity contribution in [1.82, 2.24) is 19.5 Å². The summed E-state index contributed by atoms with van der Waals surface area (Å²) in [5, 5.41) is 16.9. The fraction of sp³-hybridized carbons (Fsp3) is 0.385. The Hall–Kier alpha value is -2.72. The fourth-order valence-electron chi connectivity index (χ4n) is 1.60. The van der Waals surface area contributed by atoms with E-state index in [2.05, 4.69) is 15.0 Å². The average molecular weight is 324 g/mol. The van der Waals surface area contributed by atoms with E-state index in [1.54, 1.807) is 23.3 Å². The van der Waals surface area contributed by atoms with E-state index in [4.69, 9.17) is 21.7 Å². The van der Waals surface area contributed by atoms with Gasteiger partial charge in [0.15, 0.2) is 0 Å². The first kappa shape index (κ1) is 18.3. The molecule has 10 heteroatoms. The van der Waals surface area contributed by atoms with Gasteiger partial charge in [0.1, 0.15) is 12.1 Å². The van der Waals surface area contributed by atoms with E-state index in [0.29, 0.717) is 11.4 Å². The second-order valence-corrected chi connectivity index (χ2v) is 4.89. The Morgan fingerprint density at radius 2 is 1.74 bits per heavy atom. The first-order chi connectivity index (χ1) is 10.8. The second-order valence-electron chi connectivity index (χ2n) is 4.89. The maximum atomic E-state index is 10.4. The monoisotopic (exact) mass is 324 g/mol. The molecule has 7 N–H and O–H groups in total. The molecular weight excluding hydrogens is 304 g/mol. The number of nitrogens with one attached hydrogen (secondary N) is 1. The molecule has 0 aliphatic rings. The molecule has 2 atom stereocenters. The number of imidazole rings is 2. The summed E-state index contributed by atoms with van der Waals surface area (Å²) in [6, 6.07) is -1.72.